The molecule has 2 aromatic heterocycles. The predicted octanol–water partition coefficient (Wildman–Crippen LogP) is 2.52. The molecule has 1 aliphatic rings. The largest absolute Gasteiger partial charge is 0.386 e. The standard InChI is InChI=1S/C18H30N5O5PS/c1-17(2,3)7-10-13(27-29(25,30)28-18(4,5)6)12(24)16(26-10)23-9-22-11-14(19)20-8-21-15(11)23/h8-10,12-13,16,24H,7H2,1-6H3,(H,25,30)(H2,19,20,21)/t10-,12?,13?,16-,29?/m1/s1. The van der Waals surface area contributed by atoms with Crippen LogP contribution in [-0.4, -0.2) is 53.4 Å². The van der Waals surface area contributed by atoms with Crippen molar-refractivity contribution in [3.05, 3.63) is 12.7 Å². The first-order chi connectivity index (χ1) is 13.7. The fourth-order valence-electron chi connectivity index (χ4n) is 3.43. The van der Waals surface area contributed by atoms with Gasteiger partial charge in [0.05, 0.1) is 18.0 Å². The SMILES string of the molecule is CC(C)(C)C[C@H]1O[C@@H](n2cnc3c(N)ncnc32)C(O)C1OP(O)(=S)OC(C)(C)C. The Balaban J connectivity index is 1.94. The van der Waals surface area contributed by atoms with Gasteiger partial charge in [0.25, 0.3) is 0 Å². The highest BCUT2D eigenvalue weighted by Crippen LogP contribution is 2.52. The minimum absolute atomic E-state index is 0.132. The van der Waals surface area contributed by atoms with Crippen molar-refractivity contribution < 1.29 is 23.8 Å². The van der Waals surface area contributed by atoms with Gasteiger partial charge in [-0.15, -0.1) is 0 Å². The lowest BCUT2D eigenvalue weighted by Crippen LogP contribution is -2.36. The number of aliphatic hydroxyl groups is 1. The number of nitrogens with two attached hydrogens (primary N) is 1. The molecule has 30 heavy (non-hydrogen) atoms. The van der Waals surface area contributed by atoms with Gasteiger partial charge in [-0.3, -0.25) is 9.09 Å². The molecule has 0 amide bonds. The number of fused-ring (bicyclic) bond motifs is 1. The molecule has 5 atom stereocenters. The average Bonchev–Trinajstić information content (AvgIpc) is 3.08. The van der Waals surface area contributed by atoms with Gasteiger partial charge in [-0.1, -0.05) is 20.8 Å². The molecule has 2 aromatic rings. The number of hydrogen-bond donors (Lipinski definition) is 3. The van der Waals surface area contributed by atoms with Crippen LogP contribution in [0.3, 0.4) is 0 Å². The third-order valence-electron chi connectivity index (χ3n) is 4.43. The molecule has 1 fully saturated rings. The lowest BCUT2D eigenvalue weighted by Gasteiger charge is -2.31. The lowest BCUT2D eigenvalue weighted by molar-refractivity contribution is -0.0457. The van der Waals surface area contributed by atoms with E-state index in [2.05, 4.69) is 15.0 Å². The van der Waals surface area contributed by atoms with E-state index in [0.717, 1.165) is 0 Å². The predicted molar refractivity (Wildman–Crippen MR) is 116 cm³/mol. The summed E-state index contributed by atoms with van der Waals surface area (Å²) in [6.45, 7) is 7.82. The molecule has 12 heteroatoms. The van der Waals surface area contributed by atoms with Crippen LogP contribution in [0, 0.1) is 5.41 Å². The molecule has 10 nitrogen and oxygen atoms in total. The van der Waals surface area contributed by atoms with Crippen LogP contribution in [0.15, 0.2) is 12.7 Å². The number of aromatic nitrogens is 4. The first-order valence-electron chi connectivity index (χ1n) is 9.65. The zero-order valence-electron chi connectivity index (χ0n) is 18.0. The number of nitrogen functional groups attached to an aromatic ring is 1. The highest BCUT2D eigenvalue weighted by Gasteiger charge is 2.49. The Morgan fingerprint density at radius 1 is 1.23 bits per heavy atom. The maximum Gasteiger partial charge on any atom is 0.325 e. The Hall–Kier alpha value is -1.20. The van der Waals surface area contributed by atoms with E-state index in [1.807, 2.05) is 20.8 Å². The Morgan fingerprint density at radius 2 is 1.90 bits per heavy atom. The molecule has 0 radical (unpaired) electrons. The van der Waals surface area contributed by atoms with Gasteiger partial charge in [-0.2, -0.15) is 0 Å². The molecule has 3 rings (SSSR count). The molecule has 0 aromatic carbocycles. The molecule has 4 N–H and O–H groups in total. The number of aliphatic hydroxyl groups excluding tert-OH is 1. The molecule has 3 heterocycles. The van der Waals surface area contributed by atoms with Crippen molar-refractivity contribution in [1.29, 1.82) is 0 Å². The fraction of sp³-hybridized carbons (Fsp3) is 0.722. The van der Waals surface area contributed by atoms with Gasteiger partial charge in [0.15, 0.2) is 17.7 Å². The highest BCUT2D eigenvalue weighted by molar-refractivity contribution is 8.07. The van der Waals surface area contributed by atoms with Crippen molar-refractivity contribution in [2.45, 2.75) is 78.1 Å². The van der Waals surface area contributed by atoms with E-state index < -0.39 is 36.9 Å². The van der Waals surface area contributed by atoms with Crippen molar-refractivity contribution in [3.8, 4) is 0 Å². The topological polar surface area (TPSA) is 138 Å². The van der Waals surface area contributed by atoms with Crippen LogP contribution >= 0.6 is 6.72 Å². The van der Waals surface area contributed by atoms with Crippen LogP contribution in [0.1, 0.15) is 54.2 Å². The van der Waals surface area contributed by atoms with Crippen molar-refractivity contribution in [2.75, 3.05) is 5.73 Å². The summed E-state index contributed by atoms with van der Waals surface area (Å²) in [7, 11) is 0. The summed E-state index contributed by atoms with van der Waals surface area (Å²) < 4.78 is 19.1. The van der Waals surface area contributed by atoms with Crippen molar-refractivity contribution in [1.82, 2.24) is 19.5 Å². The Kier molecular flexibility index (Phi) is 6.30. The normalized spacial score (nSPS) is 27.5. The minimum atomic E-state index is -3.64. The van der Waals surface area contributed by atoms with Gasteiger partial charge in [0, 0.05) is 0 Å². The zero-order valence-corrected chi connectivity index (χ0v) is 19.7. The second kappa shape index (κ2) is 8.05. The lowest BCUT2D eigenvalue weighted by atomic mass is 9.87. The van der Waals surface area contributed by atoms with Crippen molar-refractivity contribution >= 4 is 35.5 Å². The summed E-state index contributed by atoms with van der Waals surface area (Å²) in [6, 6.07) is 0. The molecule has 1 saturated heterocycles. The third kappa shape index (κ3) is 5.34. The minimum Gasteiger partial charge on any atom is -0.386 e. The number of imidazole rings is 1. The second-order valence-electron chi connectivity index (χ2n) is 9.65. The maximum absolute atomic E-state index is 11.1. The first kappa shape index (κ1) is 23.5. The fourth-order valence-corrected chi connectivity index (χ4v) is 5.70. The number of nitrogens with zero attached hydrogens (tertiary/aromatic N) is 4. The molecular weight excluding hydrogens is 429 g/mol. The van der Waals surface area contributed by atoms with Gasteiger partial charge in [0.1, 0.15) is 24.1 Å². The van der Waals surface area contributed by atoms with Gasteiger partial charge in [0.2, 0.25) is 0 Å². The summed E-state index contributed by atoms with van der Waals surface area (Å²) in [5.41, 5.74) is 5.87. The Morgan fingerprint density at radius 3 is 2.50 bits per heavy atom. The summed E-state index contributed by atoms with van der Waals surface area (Å²) in [5, 5.41) is 11.1. The molecular formula is C18H30N5O5PS. The van der Waals surface area contributed by atoms with Crippen LogP contribution < -0.4 is 5.73 Å². The van der Waals surface area contributed by atoms with E-state index in [-0.39, 0.29) is 11.2 Å². The maximum atomic E-state index is 11.1. The molecule has 1 aliphatic heterocycles. The number of ether oxygens (including phenoxy) is 1. The van der Waals surface area contributed by atoms with Crippen molar-refractivity contribution in [2.24, 2.45) is 5.41 Å². The number of anilines is 1. The van der Waals surface area contributed by atoms with Gasteiger partial charge < -0.3 is 25.0 Å². The van der Waals surface area contributed by atoms with Crippen LogP contribution in [0.2, 0.25) is 0 Å². The Bertz CT molecular complexity index is 957. The van der Waals surface area contributed by atoms with Gasteiger partial charge in [-0.05, 0) is 44.4 Å². The highest BCUT2D eigenvalue weighted by atomic mass is 32.5. The molecule has 3 unspecified atom stereocenters. The first-order valence-corrected chi connectivity index (χ1v) is 12.2. The Labute approximate surface area is 181 Å². The molecule has 168 valence electrons. The third-order valence-corrected chi connectivity index (χ3v) is 6.20. The van der Waals surface area contributed by atoms with Crippen LogP contribution in [0.5, 0.6) is 0 Å². The smallest absolute Gasteiger partial charge is 0.325 e. The summed E-state index contributed by atoms with van der Waals surface area (Å²) in [6.07, 6.45) is -0.0812. The molecule has 0 saturated carbocycles. The van der Waals surface area contributed by atoms with E-state index >= 15 is 0 Å². The van der Waals surface area contributed by atoms with E-state index in [1.165, 1.54) is 12.7 Å². The summed E-state index contributed by atoms with van der Waals surface area (Å²) in [4.78, 5) is 23.0. The molecule has 0 aliphatic carbocycles. The zero-order chi connectivity index (χ0) is 22.5. The van der Waals surface area contributed by atoms with Crippen molar-refractivity contribution in [3.63, 3.8) is 0 Å². The molecule has 0 spiro atoms. The second-order valence-corrected chi connectivity index (χ2v) is 12.4. The summed E-state index contributed by atoms with van der Waals surface area (Å²) >= 11 is 5.21. The van der Waals surface area contributed by atoms with E-state index in [0.29, 0.717) is 17.6 Å². The van der Waals surface area contributed by atoms with Crippen LogP contribution in [-0.2, 0) is 25.6 Å². The van der Waals surface area contributed by atoms with E-state index in [4.69, 9.17) is 31.3 Å². The van der Waals surface area contributed by atoms with Crippen LogP contribution in [0.4, 0.5) is 5.82 Å². The monoisotopic (exact) mass is 459 g/mol. The quantitative estimate of drug-likeness (QED) is 0.572. The van der Waals surface area contributed by atoms with E-state index in [1.54, 1.807) is 25.3 Å². The van der Waals surface area contributed by atoms with Crippen LogP contribution in [0.25, 0.3) is 11.2 Å². The molecule has 0 bridgehead atoms. The summed E-state index contributed by atoms with van der Waals surface area (Å²) in [5.74, 6) is 0.231. The average molecular weight is 460 g/mol. The van der Waals surface area contributed by atoms with E-state index in [9.17, 15) is 10.00 Å². The number of rotatable bonds is 5. The number of hydrogen-bond acceptors (Lipinski definition) is 9. The van der Waals surface area contributed by atoms with Gasteiger partial charge in [-0.25, -0.2) is 15.0 Å². The van der Waals surface area contributed by atoms with Gasteiger partial charge >= 0.3 is 6.72 Å².